The van der Waals surface area contributed by atoms with Gasteiger partial charge in [-0.05, 0) is 56.2 Å². The van der Waals surface area contributed by atoms with Gasteiger partial charge >= 0.3 is 0 Å². The molecule has 0 aliphatic carbocycles. The number of nitrogens with one attached hydrogen (secondary N) is 2. The molecule has 1 fully saturated rings. The number of rotatable bonds is 9. The first-order valence-electron chi connectivity index (χ1n) is 10.6. The maximum Gasteiger partial charge on any atom is 0.220 e. The molecule has 7 nitrogen and oxygen atoms in total. The Bertz CT molecular complexity index is 676. The summed E-state index contributed by atoms with van der Waals surface area (Å²) < 4.78 is 10.7. The molecular formula is C22H37IN4O3. The lowest BCUT2D eigenvalue weighted by Crippen LogP contribution is -2.46. The predicted octanol–water partition coefficient (Wildman–Crippen LogP) is 3.07. The van der Waals surface area contributed by atoms with Crippen molar-refractivity contribution in [3.05, 3.63) is 23.8 Å². The highest BCUT2D eigenvalue weighted by Crippen LogP contribution is 2.28. The Morgan fingerprint density at radius 3 is 2.50 bits per heavy atom. The third-order valence-corrected chi connectivity index (χ3v) is 5.33. The second-order valence-electron chi connectivity index (χ2n) is 7.34. The van der Waals surface area contributed by atoms with Crippen LogP contribution < -0.4 is 20.1 Å². The number of guanidine groups is 1. The van der Waals surface area contributed by atoms with Gasteiger partial charge in [-0.25, -0.2) is 0 Å². The molecule has 0 atom stereocenters. The number of piperidine rings is 1. The van der Waals surface area contributed by atoms with Gasteiger partial charge in [0.15, 0.2) is 17.5 Å². The molecule has 0 spiro atoms. The number of aryl methyl sites for hydroxylation is 1. The zero-order valence-corrected chi connectivity index (χ0v) is 21.0. The lowest BCUT2D eigenvalue weighted by atomic mass is 9.93. The third kappa shape index (κ3) is 8.20. The number of methoxy groups -OCH3 is 2. The molecule has 0 saturated carbocycles. The first kappa shape index (κ1) is 26.3. The van der Waals surface area contributed by atoms with Crippen LogP contribution in [0.2, 0.25) is 0 Å². The number of halogens is 1. The Labute approximate surface area is 198 Å². The third-order valence-electron chi connectivity index (χ3n) is 5.33. The maximum absolute atomic E-state index is 11.6. The van der Waals surface area contributed by atoms with Crippen LogP contribution in [0.25, 0.3) is 0 Å². The summed E-state index contributed by atoms with van der Waals surface area (Å²) in [5, 5.41) is 6.14. The number of nitrogens with zero attached hydrogens (tertiary/aromatic N) is 2. The van der Waals surface area contributed by atoms with Crippen LogP contribution in [-0.4, -0.2) is 64.2 Å². The SMILES string of the molecule is CCNC(=NCCCc1ccc(OC)c(OC)c1)N1CCC(CC(=O)NC)CC1.I. The van der Waals surface area contributed by atoms with Gasteiger partial charge in [0.05, 0.1) is 14.2 Å². The summed E-state index contributed by atoms with van der Waals surface area (Å²) >= 11 is 0. The molecule has 2 N–H and O–H groups in total. The minimum absolute atomic E-state index is 0. The molecule has 1 aromatic carbocycles. The lowest BCUT2D eigenvalue weighted by Gasteiger charge is -2.34. The number of aliphatic imine (C=N–C) groups is 1. The van der Waals surface area contributed by atoms with Gasteiger partial charge in [0.25, 0.3) is 0 Å². The minimum Gasteiger partial charge on any atom is -0.493 e. The zero-order valence-electron chi connectivity index (χ0n) is 18.7. The number of hydrogen-bond donors (Lipinski definition) is 2. The fourth-order valence-corrected chi connectivity index (χ4v) is 3.64. The van der Waals surface area contributed by atoms with Crippen LogP contribution in [0.4, 0.5) is 0 Å². The Morgan fingerprint density at radius 2 is 1.90 bits per heavy atom. The van der Waals surface area contributed by atoms with E-state index in [0.717, 1.165) is 69.3 Å². The summed E-state index contributed by atoms with van der Waals surface area (Å²) in [6.45, 7) is 5.62. The molecule has 170 valence electrons. The van der Waals surface area contributed by atoms with Crippen molar-refractivity contribution < 1.29 is 14.3 Å². The highest BCUT2D eigenvalue weighted by atomic mass is 127. The number of benzene rings is 1. The average molecular weight is 532 g/mol. The van der Waals surface area contributed by atoms with Gasteiger partial charge in [-0.15, -0.1) is 24.0 Å². The van der Waals surface area contributed by atoms with Crippen molar-refractivity contribution in [3.8, 4) is 11.5 Å². The Hall–Kier alpha value is -1.71. The Balaban J connectivity index is 0.00000450. The standard InChI is InChI=1S/C22H36N4O3.HI/c1-5-24-22(26-13-10-18(11-14-26)16-21(27)23-2)25-12-6-7-17-8-9-19(28-3)20(15-17)29-4;/h8-9,15,18H,5-7,10-14,16H2,1-4H3,(H,23,27)(H,24,25);1H. The van der Waals surface area contributed by atoms with Crippen LogP contribution in [-0.2, 0) is 11.2 Å². The number of likely N-dealkylation sites (tertiary alicyclic amines) is 1. The normalized spacial score (nSPS) is 14.7. The molecule has 2 rings (SSSR count). The monoisotopic (exact) mass is 532 g/mol. The Kier molecular flexibility index (Phi) is 12.6. The number of amides is 1. The molecule has 0 radical (unpaired) electrons. The smallest absolute Gasteiger partial charge is 0.220 e. The van der Waals surface area contributed by atoms with Gasteiger partial charge in [-0.3, -0.25) is 9.79 Å². The van der Waals surface area contributed by atoms with Crippen LogP contribution in [0.15, 0.2) is 23.2 Å². The largest absolute Gasteiger partial charge is 0.493 e. The number of carbonyl (C=O) groups is 1. The second-order valence-corrected chi connectivity index (χ2v) is 7.34. The number of hydrogen-bond acceptors (Lipinski definition) is 4. The highest BCUT2D eigenvalue weighted by Gasteiger charge is 2.22. The second kappa shape index (κ2) is 14.3. The first-order valence-corrected chi connectivity index (χ1v) is 10.6. The van der Waals surface area contributed by atoms with E-state index in [1.54, 1.807) is 21.3 Å². The molecule has 1 aliphatic heterocycles. The number of ether oxygens (including phenoxy) is 2. The van der Waals surface area contributed by atoms with Crippen LogP contribution in [0, 0.1) is 5.92 Å². The van der Waals surface area contributed by atoms with Crippen molar-refractivity contribution in [2.24, 2.45) is 10.9 Å². The fraction of sp³-hybridized carbons (Fsp3) is 0.636. The highest BCUT2D eigenvalue weighted by molar-refractivity contribution is 14.0. The molecule has 1 aromatic rings. The van der Waals surface area contributed by atoms with Gasteiger partial charge in [-0.1, -0.05) is 6.07 Å². The summed E-state index contributed by atoms with van der Waals surface area (Å²) in [5.74, 6) is 3.11. The van der Waals surface area contributed by atoms with Gasteiger partial charge in [0.2, 0.25) is 5.91 Å². The minimum atomic E-state index is 0. The van der Waals surface area contributed by atoms with Crippen molar-refractivity contribution >= 4 is 35.8 Å². The molecule has 30 heavy (non-hydrogen) atoms. The van der Waals surface area contributed by atoms with Gasteiger partial charge in [0.1, 0.15) is 0 Å². The average Bonchev–Trinajstić information content (AvgIpc) is 2.76. The number of carbonyl (C=O) groups excluding carboxylic acids is 1. The molecule has 0 aromatic heterocycles. The van der Waals surface area contributed by atoms with Crippen molar-refractivity contribution in [1.29, 1.82) is 0 Å². The van der Waals surface area contributed by atoms with E-state index in [9.17, 15) is 4.79 Å². The summed E-state index contributed by atoms with van der Waals surface area (Å²) in [7, 11) is 5.01. The quantitative estimate of drug-likeness (QED) is 0.221. The van der Waals surface area contributed by atoms with E-state index < -0.39 is 0 Å². The Morgan fingerprint density at radius 1 is 1.20 bits per heavy atom. The van der Waals surface area contributed by atoms with E-state index in [1.165, 1.54) is 5.56 Å². The van der Waals surface area contributed by atoms with Crippen LogP contribution >= 0.6 is 24.0 Å². The molecule has 0 bridgehead atoms. The van der Waals surface area contributed by atoms with Crippen LogP contribution in [0.5, 0.6) is 11.5 Å². The molecular weight excluding hydrogens is 495 g/mol. The fourth-order valence-electron chi connectivity index (χ4n) is 3.64. The summed E-state index contributed by atoms with van der Waals surface area (Å²) in [6, 6.07) is 6.06. The molecule has 1 aliphatic rings. The topological polar surface area (TPSA) is 75.2 Å². The van der Waals surface area contributed by atoms with E-state index >= 15 is 0 Å². The van der Waals surface area contributed by atoms with Gasteiger partial charge in [-0.2, -0.15) is 0 Å². The molecule has 1 amide bonds. The molecule has 0 unspecified atom stereocenters. The van der Waals surface area contributed by atoms with E-state index in [0.29, 0.717) is 12.3 Å². The van der Waals surface area contributed by atoms with E-state index in [2.05, 4.69) is 28.5 Å². The molecule has 1 saturated heterocycles. The molecule has 1 heterocycles. The van der Waals surface area contributed by atoms with Gasteiger partial charge < -0.3 is 25.0 Å². The van der Waals surface area contributed by atoms with Crippen molar-refractivity contribution in [2.75, 3.05) is 47.4 Å². The van der Waals surface area contributed by atoms with Gasteiger partial charge in [0, 0.05) is 39.6 Å². The first-order chi connectivity index (χ1) is 14.1. The van der Waals surface area contributed by atoms with E-state index in [4.69, 9.17) is 14.5 Å². The lowest BCUT2D eigenvalue weighted by molar-refractivity contribution is -0.121. The summed E-state index contributed by atoms with van der Waals surface area (Å²) in [5.41, 5.74) is 1.22. The summed E-state index contributed by atoms with van der Waals surface area (Å²) in [4.78, 5) is 18.7. The van der Waals surface area contributed by atoms with E-state index in [-0.39, 0.29) is 29.9 Å². The van der Waals surface area contributed by atoms with Crippen molar-refractivity contribution in [1.82, 2.24) is 15.5 Å². The van der Waals surface area contributed by atoms with Crippen LogP contribution in [0.1, 0.15) is 38.2 Å². The van der Waals surface area contributed by atoms with Crippen LogP contribution in [0.3, 0.4) is 0 Å². The van der Waals surface area contributed by atoms with Crippen molar-refractivity contribution in [2.45, 2.75) is 39.0 Å². The zero-order chi connectivity index (χ0) is 21.1. The summed E-state index contributed by atoms with van der Waals surface area (Å²) in [6.07, 6.45) is 4.60. The van der Waals surface area contributed by atoms with E-state index in [1.807, 2.05) is 12.1 Å². The van der Waals surface area contributed by atoms with Crippen molar-refractivity contribution in [3.63, 3.8) is 0 Å². The maximum atomic E-state index is 11.6. The predicted molar refractivity (Wildman–Crippen MR) is 132 cm³/mol. The molecule has 8 heteroatoms.